The zero-order chi connectivity index (χ0) is 14.7. The molecule has 0 radical (unpaired) electrons. The van der Waals surface area contributed by atoms with Gasteiger partial charge in [0.25, 0.3) is 0 Å². The van der Waals surface area contributed by atoms with Crippen LogP contribution in [0.25, 0.3) is 0 Å². The van der Waals surface area contributed by atoms with Gasteiger partial charge in [-0.1, -0.05) is 39.5 Å². The van der Waals surface area contributed by atoms with Crippen molar-refractivity contribution in [2.24, 2.45) is 0 Å². The minimum atomic E-state index is -3.70. The second-order valence-corrected chi connectivity index (χ2v) is 7.74. The minimum absolute atomic E-state index is 0. The van der Waals surface area contributed by atoms with Gasteiger partial charge in [0.05, 0.1) is 0 Å². The smallest absolute Gasteiger partial charge is 0.324 e. The van der Waals surface area contributed by atoms with Crippen molar-refractivity contribution in [1.82, 2.24) is 0 Å². The van der Waals surface area contributed by atoms with Gasteiger partial charge < -0.3 is 19.6 Å². The van der Waals surface area contributed by atoms with Crippen molar-refractivity contribution < 1.29 is 69.5 Å². The molecular weight excluding hydrogens is 422 g/mol. The normalized spacial score (nSPS) is 11.3. The third-order valence-electron chi connectivity index (χ3n) is 2.11. The molecule has 19 heavy (non-hydrogen) atoms. The van der Waals surface area contributed by atoms with E-state index >= 15 is 0 Å². The van der Waals surface area contributed by atoms with Gasteiger partial charge in [-0.25, -0.2) is 0 Å². The largest absolute Gasteiger partial charge is 0.325 e. The maximum Gasteiger partial charge on any atom is 0.325 e. The molecule has 0 fully saturated rings. The Hall–Kier alpha value is 1.65. The molecule has 0 saturated carbocycles. The fourth-order valence-electron chi connectivity index (χ4n) is 1.14. The van der Waals surface area contributed by atoms with Crippen LogP contribution >= 0.6 is 15.2 Å². The maximum atomic E-state index is 10.2. The van der Waals surface area contributed by atoms with Crippen LogP contribution in [0.15, 0.2) is 0 Å². The second kappa shape index (κ2) is 14.6. The molecule has 0 heterocycles. The van der Waals surface area contributed by atoms with Crippen LogP contribution in [0.2, 0.25) is 0 Å². The van der Waals surface area contributed by atoms with Crippen molar-refractivity contribution in [1.29, 1.82) is 0 Å². The number of hydrogen-bond donors (Lipinski definition) is 4. The monoisotopic (exact) mass is 446 g/mol. The summed E-state index contributed by atoms with van der Waals surface area (Å²) in [7, 11) is -7.39. The third kappa shape index (κ3) is 32.9. The van der Waals surface area contributed by atoms with Gasteiger partial charge in [0.1, 0.15) is 0 Å². The van der Waals surface area contributed by atoms with Crippen molar-refractivity contribution >= 4 is 15.2 Å². The maximum absolute atomic E-state index is 10.2. The van der Waals surface area contributed by atoms with E-state index in [0.717, 1.165) is 25.7 Å². The van der Waals surface area contributed by atoms with E-state index < -0.39 is 15.2 Å². The predicted octanol–water partition coefficient (Wildman–Crippen LogP) is 2.71. The van der Waals surface area contributed by atoms with Crippen molar-refractivity contribution in [2.75, 3.05) is 12.3 Å². The molecule has 0 aromatic heterocycles. The molecule has 0 rings (SSSR count). The molecule has 0 bridgehead atoms. The molecule has 0 aliphatic heterocycles. The Morgan fingerprint density at radius 3 is 1.11 bits per heavy atom. The average Bonchev–Trinajstić information content (AvgIpc) is 2.16. The van der Waals surface area contributed by atoms with Crippen LogP contribution in [0, 0.1) is 40.8 Å². The van der Waals surface area contributed by atoms with Crippen LogP contribution in [0.5, 0.6) is 0 Å². The van der Waals surface area contributed by atoms with E-state index in [1.165, 1.54) is 0 Å². The zero-order valence-electron chi connectivity index (χ0n) is 11.7. The molecule has 0 aromatic carbocycles. The molecule has 0 spiro atoms. The summed E-state index contributed by atoms with van der Waals surface area (Å²) in [4.78, 5) is 33.4. The summed E-state index contributed by atoms with van der Waals surface area (Å²) in [6, 6.07) is 0. The first kappa shape index (κ1) is 25.6. The summed E-state index contributed by atoms with van der Waals surface area (Å²) < 4.78 is 20.4. The van der Waals surface area contributed by atoms with E-state index in [-0.39, 0.29) is 53.2 Å². The third-order valence-corrected chi connectivity index (χ3v) is 3.90. The van der Waals surface area contributed by atoms with Gasteiger partial charge in [0.2, 0.25) is 0 Å². The van der Waals surface area contributed by atoms with Crippen molar-refractivity contribution in [2.45, 2.75) is 52.4 Å². The molecule has 116 valence electrons. The standard InChI is InChI=1S/2C5H13O3P.Nd/c2*1-2-3-4-5-9(6,7)8;/h2*2-5H2,1H3,(H2,6,7,8);. The topological polar surface area (TPSA) is 115 Å². The van der Waals surface area contributed by atoms with E-state index in [1.807, 2.05) is 13.8 Å². The molecule has 4 N–H and O–H groups in total. The Bertz CT molecular complexity index is 247. The molecule has 0 unspecified atom stereocenters. The van der Waals surface area contributed by atoms with Crippen LogP contribution in [-0.2, 0) is 9.13 Å². The Labute approximate surface area is 148 Å². The first-order valence-corrected chi connectivity index (χ1v) is 9.81. The first-order chi connectivity index (χ1) is 8.12. The van der Waals surface area contributed by atoms with Crippen molar-refractivity contribution in [3.05, 3.63) is 0 Å². The van der Waals surface area contributed by atoms with Crippen molar-refractivity contribution in [3.63, 3.8) is 0 Å². The first-order valence-electron chi connectivity index (χ1n) is 6.21. The van der Waals surface area contributed by atoms with Gasteiger partial charge in [-0.05, 0) is 12.8 Å². The van der Waals surface area contributed by atoms with Crippen LogP contribution in [-0.4, -0.2) is 31.9 Å². The fourth-order valence-corrected chi connectivity index (χ4v) is 2.41. The summed E-state index contributed by atoms with van der Waals surface area (Å²) in [6.45, 7) is 4.00. The molecule has 0 saturated heterocycles. The van der Waals surface area contributed by atoms with Gasteiger partial charge in [0.15, 0.2) is 0 Å². The van der Waals surface area contributed by atoms with Gasteiger partial charge in [-0.2, -0.15) is 0 Å². The van der Waals surface area contributed by atoms with Gasteiger partial charge >= 0.3 is 15.2 Å². The summed E-state index contributed by atoms with van der Waals surface area (Å²) in [5.41, 5.74) is 0. The quantitative estimate of drug-likeness (QED) is 0.335. The Morgan fingerprint density at radius 1 is 0.684 bits per heavy atom. The predicted molar refractivity (Wildman–Crippen MR) is 72.9 cm³/mol. The Morgan fingerprint density at radius 2 is 0.947 bits per heavy atom. The fraction of sp³-hybridized carbons (Fsp3) is 1.00. The second-order valence-electron chi connectivity index (χ2n) is 4.19. The van der Waals surface area contributed by atoms with E-state index in [0.29, 0.717) is 12.8 Å². The molecule has 9 heteroatoms. The molecule has 0 aliphatic carbocycles. The van der Waals surface area contributed by atoms with Crippen LogP contribution in [0.4, 0.5) is 0 Å². The molecule has 0 atom stereocenters. The molecule has 0 aliphatic rings. The number of rotatable bonds is 8. The number of unbranched alkanes of at least 4 members (excludes halogenated alkanes) is 4. The molecule has 0 aromatic rings. The van der Waals surface area contributed by atoms with E-state index in [2.05, 4.69) is 0 Å². The summed E-state index contributed by atoms with van der Waals surface area (Å²) in [6.07, 6.45) is 5.18. The molecule has 0 amide bonds. The van der Waals surface area contributed by atoms with E-state index in [9.17, 15) is 9.13 Å². The van der Waals surface area contributed by atoms with Gasteiger partial charge in [0, 0.05) is 53.2 Å². The minimum Gasteiger partial charge on any atom is -0.324 e. The number of hydrogen-bond acceptors (Lipinski definition) is 2. The summed E-state index contributed by atoms with van der Waals surface area (Å²) in [5.74, 6) is 0. The average molecular weight is 448 g/mol. The van der Waals surface area contributed by atoms with Crippen LogP contribution in [0.1, 0.15) is 52.4 Å². The Kier molecular flexibility index (Phi) is 19.6. The van der Waals surface area contributed by atoms with Crippen molar-refractivity contribution in [3.8, 4) is 0 Å². The van der Waals surface area contributed by atoms with Gasteiger partial charge in [-0.3, -0.25) is 9.13 Å². The van der Waals surface area contributed by atoms with E-state index in [4.69, 9.17) is 19.6 Å². The van der Waals surface area contributed by atoms with Crippen LogP contribution < -0.4 is 0 Å². The van der Waals surface area contributed by atoms with Crippen LogP contribution in [0.3, 0.4) is 0 Å². The molecular formula is C10H26NdO6P2. The van der Waals surface area contributed by atoms with E-state index in [1.54, 1.807) is 0 Å². The Balaban J connectivity index is -0.000000256. The summed E-state index contributed by atoms with van der Waals surface area (Å²) >= 11 is 0. The zero-order valence-corrected chi connectivity index (χ0v) is 16.7. The van der Waals surface area contributed by atoms with Gasteiger partial charge in [-0.15, -0.1) is 0 Å². The SMILES string of the molecule is CCCCCP(=O)(O)O.CCCCCP(=O)(O)O.[Nd]. The summed E-state index contributed by atoms with van der Waals surface area (Å²) in [5, 5.41) is 0. The molecule has 6 nitrogen and oxygen atoms in total.